The molecule has 0 radical (unpaired) electrons. The van der Waals surface area contributed by atoms with E-state index in [-0.39, 0.29) is 6.42 Å². The molecule has 0 N–H and O–H groups in total. The Kier molecular flexibility index (Phi) is 5.44. The predicted octanol–water partition coefficient (Wildman–Crippen LogP) is 1.95. The topological polar surface area (TPSA) is 9.23 Å². The van der Waals surface area contributed by atoms with Crippen LogP contribution in [0.2, 0.25) is 0 Å². The van der Waals surface area contributed by atoms with Crippen LogP contribution in [-0.4, -0.2) is 18.8 Å². The maximum atomic E-state index is 11.7. The fraction of sp³-hybridized carbons (Fsp3) is 1.00. The Morgan fingerprint density at radius 1 is 1.75 bits per heavy atom. The molecule has 0 saturated heterocycles. The third-order valence-corrected chi connectivity index (χ3v) is 0.903. The molecule has 0 aliphatic heterocycles. The first-order valence-electron chi connectivity index (χ1n) is 2.63. The number of hydrogen-bond acceptors (Lipinski definition) is 1. The van der Waals surface area contributed by atoms with Crippen molar-refractivity contribution in [1.29, 1.82) is 0 Å². The van der Waals surface area contributed by atoms with Gasteiger partial charge in [0.05, 0.1) is 6.61 Å². The summed E-state index contributed by atoms with van der Waals surface area (Å²) < 4.78 is 16.5. The van der Waals surface area contributed by atoms with Crippen LogP contribution in [0.15, 0.2) is 0 Å². The van der Waals surface area contributed by atoms with Crippen molar-refractivity contribution >= 4 is 11.6 Å². The summed E-state index contributed by atoms with van der Waals surface area (Å²) in [5.41, 5.74) is -1.25. The fourth-order valence-corrected chi connectivity index (χ4v) is 0.406. The van der Waals surface area contributed by atoms with E-state index in [2.05, 4.69) is 0 Å². The summed E-state index contributed by atoms with van der Waals surface area (Å²) in [6, 6.07) is 0. The smallest absolute Gasteiger partial charge is 0.175 e. The molecule has 0 aromatic carbocycles. The lowest BCUT2D eigenvalue weighted by Gasteiger charge is -1.98. The molecule has 3 heteroatoms. The zero-order valence-corrected chi connectivity index (χ0v) is 5.62. The van der Waals surface area contributed by atoms with Crippen molar-refractivity contribution in [3.63, 3.8) is 0 Å². The lowest BCUT2D eigenvalue weighted by molar-refractivity contribution is 0.134. The molecule has 0 saturated carbocycles. The molecule has 1 atom stereocenters. The van der Waals surface area contributed by atoms with Crippen LogP contribution in [0, 0.1) is 0 Å². The van der Waals surface area contributed by atoms with E-state index in [0.29, 0.717) is 13.2 Å². The largest absolute Gasteiger partial charge is 0.382 e. The summed E-state index contributed by atoms with van der Waals surface area (Å²) in [6.45, 7) is 2.91. The summed E-state index contributed by atoms with van der Waals surface area (Å²) in [6.07, 6.45) is 0.287. The van der Waals surface area contributed by atoms with Crippen molar-refractivity contribution < 1.29 is 9.13 Å². The highest BCUT2D eigenvalue weighted by atomic mass is 35.5. The molecule has 0 spiro atoms. The van der Waals surface area contributed by atoms with E-state index in [1.807, 2.05) is 6.92 Å². The highest BCUT2D eigenvalue weighted by Gasteiger charge is 1.97. The Morgan fingerprint density at radius 3 is 2.75 bits per heavy atom. The molecule has 0 aromatic heterocycles. The van der Waals surface area contributed by atoms with Crippen LogP contribution < -0.4 is 0 Å². The SMILES string of the molecule is CCOCCC(F)Cl. The van der Waals surface area contributed by atoms with Crippen molar-refractivity contribution in [3.8, 4) is 0 Å². The second-order valence-corrected chi connectivity index (χ2v) is 1.85. The molecule has 1 unspecified atom stereocenters. The summed E-state index contributed by atoms with van der Waals surface area (Å²) >= 11 is 4.97. The molecule has 0 aromatic rings. The highest BCUT2D eigenvalue weighted by molar-refractivity contribution is 6.19. The fourth-order valence-electron chi connectivity index (χ4n) is 0.317. The van der Waals surface area contributed by atoms with Gasteiger partial charge in [-0.1, -0.05) is 11.6 Å². The number of ether oxygens (including phenoxy) is 1. The van der Waals surface area contributed by atoms with Crippen LogP contribution in [0.4, 0.5) is 4.39 Å². The predicted molar refractivity (Wildman–Crippen MR) is 31.9 cm³/mol. The molecule has 0 rings (SSSR count). The average molecular weight is 141 g/mol. The molecule has 8 heavy (non-hydrogen) atoms. The van der Waals surface area contributed by atoms with Gasteiger partial charge in [0.1, 0.15) is 0 Å². The Bertz CT molecular complexity index is 49.7. The molecular formula is C5H10ClFO. The van der Waals surface area contributed by atoms with E-state index in [4.69, 9.17) is 16.3 Å². The van der Waals surface area contributed by atoms with Gasteiger partial charge in [0.2, 0.25) is 0 Å². The first-order valence-corrected chi connectivity index (χ1v) is 3.07. The van der Waals surface area contributed by atoms with Gasteiger partial charge in [0, 0.05) is 13.0 Å². The summed E-state index contributed by atoms with van der Waals surface area (Å²) in [7, 11) is 0. The third kappa shape index (κ3) is 6.18. The van der Waals surface area contributed by atoms with Crippen molar-refractivity contribution in [2.45, 2.75) is 19.0 Å². The van der Waals surface area contributed by atoms with Gasteiger partial charge in [-0.2, -0.15) is 0 Å². The van der Waals surface area contributed by atoms with Gasteiger partial charge in [0.15, 0.2) is 5.63 Å². The van der Waals surface area contributed by atoms with Crippen LogP contribution in [-0.2, 0) is 4.74 Å². The Balaban J connectivity index is 2.72. The van der Waals surface area contributed by atoms with Crippen LogP contribution >= 0.6 is 11.6 Å². The van der Waals surface area contributed by atoms with Crippen LogP contribution in [0.5, 0.6) is 0 Å². The van der Waals surface area contributed by atoms with Crippen LogP contribution in [0.1, 0.15) is 13.3 Å². The number of alkyl halides is 2. The van der Waals surface area contributed by atoms with Crippen LogP contribution in [0.25, 0.3) is 0 Å². The highest BCUT2D eigenvalue weighted by Crippen LogP contribution is 2.01. The van der Waals surface area contributed by atoms with Gasteiger partial charge in [-0.15, -0.1) is 0 Å². The standard InChI is InChI=1S/C5H10ClFO/c1-2-8-4-3-5(6)7/h5H,2-4H2,1H3. The molecule has 50 valence electrons. The van der Waals surface area contributed by atoms with Crippen molar-refractivity contribution in [2.75, 3.05) is 13.2 Å². The summed E-state index contributed by atoms with van der Waals surface area (Å²) in [4.78, 5) is 0. The van der Waals surface area contributed by atoms with Gasteiger partial charge in [-0.25, -0.2) is 4.39 Å². The summed E-state index contributed by atoms with van der Waals surface area (Å²) in [5, 5.41) is 0. The zero-order chi connectivity index (χ0) is 6.41. The number of hydrogen-bond donors (Lipinski definition) is 0. The Morgan fingerprint density at radius 2 is 2.38 bits per heavy atom. The molecule has 0 heterocycles. The molecule has 1 nitrogen and oxygen atoms in total. The van der Waals surface area contributed by atoms with E-state index < -0.39 is 5.63 Å². The maximum absolute atomic E-state index is 11.7. The minimum atomic E-state index is -1.25. The van der Waals surface area contributed by atoms with Gasteiger partial charge >= 0.3 is 0 Å². The van der Waals surface area contributed by atoms with E-state index in [1.165, 1.54) is 0 Å². The molecule has 0 aliphatic carbocycles. The van der Waals surface area contributed by atoms with E-state index in [1.54, 1.807) is 0 Å². The van der Waals surface area contributed by atoms with E-state index in [0.717, 1.165) is 0 Å². The summed E-state index contributed by atoms with van der Waals surface area (Å²) in [5.74, 6) is 0. The maximum Gasteiger partial charge on any atom is 0.175 e. The second-order valence-electron chi connectivity index (χ2n) is 1.38. The first kappa shape index (κ1) is 8.18. The minimum absolute atomic E-state index is 0.287. The van der Waals surface area contributed by atoms with E-state index >= 15 is 0 Å². The van der Waals surface area contributed by atoms with Crippen molar-refractivity contribution in [2.24, 2.45) is 0 Å². The van der Waals surface area contributed by atoms with Crippen molar-refractivity contribution in [1.82, 2.24) is 0 Å². The first-order chi connectivity index (χ1) is 3.77. The van der Waals surface area contributed by atoms with Gasteiger partial charge in [-0.3, -0.25) is 0 Å². The van der Waals surface area contributed by atoms with Gasteiger partial charge in [-0.05, 0) is 6.92 Å². The monoisotopic (exact) mass is 140 g/mol. The molecule has 0 amide bonds. The van der Waals surface area contributed by atoms with Crippen LogP contribution in [0.3, 0.4) is 0 Å². The Labute approximate surface area is 53.8 Å². The van der Waals surface area contributed by atoms with E-state index in [9.17, 15) is 4.39 Å². The normalized spacial score (nSPS) is 13.9. The minimum Gasteiger partial charge on any atom is -0.382 e. The third-order valence-electron chi connectivity index (χ3n) is 0.685. The second kappa shape index (κ2) is 5.32. The van der Waals surface area contributed by atoms with Crippen molar-refractivity contribution in [3.05, 3.63) is 0 Å². The zero-order valence-electron chi connectivity index (χ0n) is 4.86. The van der Waals surface area contributed by atoms with Gasteiger partial charge in [0.25, 0.3) is 0 Å². The lowest BCUT2D eigenvalue weighted by atomic mass is 10.5. The van der Waals surface area contributed by atoms with Gasteiger partial charge < -0.3 is 4.74 Å². The quantitative estimate of drug-likeness (QED) is 0.429. The molecule has 0 bridgehead atoms. The molecular weight excluding hydrogens is 131 g/mol. The number of halogens is 2. The molecule has 0 fully saturated rings. The molecule has 0 aliphatic rings. The average Bonchev–Trinajstić information content (AvgIpc) is 1.66. The Hall–Kier alpha value is 0.180. The lowest BCUT2D eigenvalue weighted by Crippen LogP contribution is -1.98. The number of rotatable bonds is 4.